The Morgan fingerprint density at radius 1 is 1.24 bits per heavy atom. The molecule has 2 amide bonds. The molecule has 0 spiro atoms. The zero-order valence-corrected chi connectivity index (χ0v) is 11.7. The molecule has 0 aliphatic carbocycles. The van der Waals surface area contributed by atoms with Crippen molar-refractivity contribution in [2.45, 2.75) is 24.8 Å². The van der Waals surface area contributed by atoms with Gasteiger partial charge in [-0.2, -0.15) is 0 Å². The van der Waals surface area contributed by atoms with Crippen LogP contribution in [0.3, 0.4) is 0 Å². The van der Waals surface area contributed by atoms with E-state index in [0.29, 0.717) is 18.8 Å². The Balaban J connectivity index is 1.84. The summed E-state index contributed by atoms with van der Waals surface area (Å²) < 4.78 is 5.22. The molecule has 1 aromatic carbocycles. The first-order valence-corrected chi connectivity index (χ1v) is 7.06. The van der Waals surface area contributed by atoms with Gasteiger partial charge >= 0.3 is 12.0 Å². The Labute approximate surface area is 123 Å². The van der Waals surface area contributed by atoms with Gasteiger partial charge in [0.1, 0.15) is 0 Å². The molecular weight excluding hydrogens is 272 g/mol. The molecule has 1 saturated heterocycles. The molecule has 21 heavy (non-hydrogen) atoms. The molecule has 0 saturated carbocycles. The SMILES string of the molecule is O=C(NCC(C(=O)O)c1ccccc1)NC1CCOCC1. The highest BCUT2D eigenvalue weighted by Crippen LogP contribution is 2.14. The Hall–Kier alpha value is -2.08. The molecule has 3 N–H and O–H groups in total. The van der Waals surface area contributed by atoms with Crippen molar-refractivity contribution in [3.05, 3.63) is 35.9 Å². The van der Waals surface area contributed by atoms with Crippen molar-refractivity contribution in [2.24, 2.45) is 0 Å². The van der Waals surface area contributed by atoms with E-state index >= 15 is 0 Å². The number of urea groups is 1. The largest absolute Gasteiger partial charge is 0.481 e. The van der Waals surface area contributed by atoms with Crippen LogP contribution in [0.25, 0.3) is 0 Å². The van der Waals surface area contributed by atoms with Gasteiger partial charge in [0, 0.05) is 25.8 Å². The average Bonchev–Trinajstić information content (AvgIpc) is 2.49. The maximum absolute atomic E-state index is 11.8. The third-order valence-electron chi connectivity index (χ3n) is 3.52. The van der Waals surface area contributed by atoms with Crippen LogP contribution in [0.15, 0.2) is 30.3 Å². The van der Waals surface area contributed by atoms with Crippen molar-refractivity contribution < 1.29 is 19.4 Å². The Morgan fingerprint density at radius 3 is 2.52 bits per heavy atom. The molecule has 1 fully saturated rings. The topological polar surface area (TPSA) is 87.7 Å². The molecule has 6 heteroatoms. The molecule has 1 heterocycles. The van der Waals surface area contributed by atoms with Crippen molar-refractivity contribution in [2.75, 3.05) is 19.8 Å². The number of amides is 2. The van der Waals surface area contributed by atoms with Crippen LogP contribution in [0.5, 0.6) is 0 Å². The standard InChI is InChI=1S/C15H20N2O4/c18-14(19)13(11-4-2-1-3-5-11)10-16-15(20)17-12-6-8-21-9-7-12/h1-5,12-13H,6-10H2,(H,18,19)(H2,16,17,20). The van der Waals surface area contributed by atoms with Crippen molar-refractivity contribution in [3.63, 3.8) is 0 Å². The molecule has 0 radical (unpaired) electrons. The summed E-state index contributed by atoms with van der Waals surface area (Å²) in [6.45, 7) is 1.35. The van der Waals surface area contributed by atoms with E-state index in [0.717, 1.165) is 12.8 Å². The van der Waals surface area contributed by atoms with Crippen LogP contribution in [-0.2, 0) is 9.53 Å². The molecule has 1 atom stereocenters. The molecule has 0 aromatic heterocycles. The van der Waals surface area contributed by atoms with E-state index in [1.165, 1.54) is 0 Å². The van der Waals surface area contributed by atoms with E-state index in [1.54, 1.807) is 24.3 Å². The van der Waals surface area contributed by atoms with E-state index in [1.807, 2.05) is 6.07 Å². The number of carboxylic acids is 1. The molecule has 1 unspecified atom stereocenters. The van der Waals surface area contributed by atoms with Crippen LogP contribution in [0.2, 0.25) is 0 Å². The minimum atomic E-state index is -0.951. The predicted octanol–water partition coefficient (Wildman–Crippen LogP) is 1.33. The lowest BCUT2D eigenvalue weighted by Gasteiger charge is -2.23. The zero-order chi connectivity index (χ0) is 15.1. The molecular formula is C15H20N2O4. The minimum Gasteiger partial charge on any atom is -0.481 e. The van der Waals surface area contributed by atoms with E-state index in [-0.39, 0.29) is 18.6 Å². The summed E-state index contributed by atoms with van der Waals surface area (Å²) in [4.78, 5) is 23.1. The monoisotopic (exact) mass is 292 g/mol. The molecule has 2 rings (SSSR count). The van der Waals surface area contributed by atoms with Crippen molar-refractivity contribution >= 4 is 12.0 Å². The van der Waals surface area contributed by atoms with Gasteiger partial charge in [-0.1, -0.05) is 30.3 Å². The van der Waals surface area contributed by atoms with Gasteiger partial charge in [-0.25, -0.2) is 4.79 Å². The summed E-state index contributed by atoms with van der Waals surface area (Å²) in [6, 6.07) is 8.66. The number of carbonyl (C=O) groups excluding carboxylic acids is 1. The van der Waals surface area contributed by atoms with E-state index in [2.05, 4.69) is 10.6 Å². The Kier molecular flexibility index (Phi) is 5.57. The molecule has 6 nitrogen and oxygen atoms in total. The van der Waals surface area contributed by atoms with E-state index in [4.69, 9.17) is 4.74 Å². The van der Waals surface area contributed by atoms with Crippen LogP contribution < -0.4 is 10.6 Å². The highest BCUT2D eigenvalue weighted by molar-refractivity contribution is 5.79. The third-order valence-corrected chi connectivity index (χ3v) is 3.52. The number of nitrogens with one attached hydrogen (secondary N) is 2. The summed E-state index contributed by atoms with van der Waals surface area (Å²) in [5.74, 6) is -1.70. The molecule has 1 aliphatic rings. The fraction of sp³-hybridized carbons (Fsp3) is 0.467. The second kappa shape index (κ2) is 7.64. The number of rotatable bonds is 5. The van der Waals surface area contributed by atoms with Gasteiger partial charge in [0.15, 0.2) is 0 Å². The summed E-state index contributed by atoms with van der Waals surface area (Å²) >= 11 is 0. The lowest BCUT2D eigenvalue weighted by atomic mass is 9.99. The van der Waals surface area contributed by atoms with Gasteiger partial charge in [0.2, 0.25) is 0 Å². The third kappa shape index (κ3) is 4.75. The minimum absolute atomic E-state index is 0.0639. The van der Waals surface area contributed by atoms with Crippen molar-refractivity contribution in [3.8, 4) is 0 Å². The Bertz CT molecular complexity index is 472. The van der Waals surface area contributed by atoms with Crippen LogP contribution in [0.4, 0.5) is 4.79 Å². The first-order valence-electron chi connectivity index (χ1n) is 7.06. The second-order valence-electron chi connectivity index (χ2n) is 5.04. The van der Waals surface area contributed by atoms with Crippen LogP contribution in [0, 0.1) is 0 Å². The summed E-state index contributed by atoms with van der Waals surface area (Å²) in [6.07, 6.45) is 1.57. The number of hydrogen-bond acceptors (Lipinski definition) is 3. The number of benzene rings is 1. The summed E-state index contributed by atoms with van der Waals surface area (Å²) in [5.41, 5.74) is 0.677. The van der Waals surface area contributed by atoms with Crippen molar-refractivity contribution in [1.82, 2.24) is 10.6 Å². The highest BCUT2D eigenvalue weighted by atomic mass is 16.5. The van der Waals surface area contributed by atoms with Crippen LogP contribution in [-0.4, -0.2) is 42.9 Å². The molecule has 0 bridgehead atoms. The maximum atomic E-state index is 11.8. The first kappa shape index (κ1) is 15.3. The lowest BCUT2D eigenvalue weighted by molar-refractivity contribution is -0.138. The molecule has 1 aliphatic heterocycles. The normalized spacial score (nSPS) is 17.0. The lowest BCUT2D eigenvalue weighted by Crippen LogP contribution is -2.46. The van der Waals surface area contributed by atoms with Gasteiger partial charge in [-0.15, -0.1) is 0 Å². The van der Waals surface area contributed by atoms with Gasteiger partial charge in [-0.3, -0.25) is 4.79 Å². The second-order valence-corrected chi connectivity index (χ2v) is 5.04. The maximum Gasteiger partial charge on any atom is 0.315 e. The number of hydrogen-bond donors (Lipinski definition) is 3. The van der Waals surface area contributed by atoms with Gasteiger partial charge < -0.3 is 20.5 Å². The molecule has 1 aromatic rings. The van der Waals surface area contributed by atoms with Gasteiger partial charge in [0.05, 0.1) is 5.92 Å². The van der Waals surface area contributed by atoms with E-state index < -0.39 is 11.9 Å². The predicted molar refractivity (Wildman–Crippen MR) is 77.2 cm³/mol. The first-order chi connectivity index (χ1) is 10.2. The quantitative estimate of drug-likeness (QED) is 0.764. The Morgan fingerprint density at radius 2 is 1.90 bits per heavy atom. The van der Waals surface area contributed by atoms with E-state index in [9.17, 15) is 14.7 Å². The zero-order valence-electron chi connectivity index (χ0n) is 11.7. The summed E-state index contributed by atoms with van der Waals surface area (Å²) in [7, 11) is 0. The fourth-order valence-electron chi connectivity index (χ4n) is 2.31. The molecule has 114 valence electrons. The number of ether oxygens (including phenoxy) is 1. The number of aliphatic carboxylic acids is 1. The smallest absolute Gasteiger partial charge is 0.315 e. The number of carbonyl (C=O) groups is 2. The average molecular weight is 292 g/mol. The van der Waals surface area contributed by atoms with Crippen LogP contribution >= 0.6 is 0 Å². The fourth-order valence-corrected chi connectivity index (χ4v) is 2.31. The van der Waals surface area contributed by atoms with Crippen molar-refractivity contribution in [1.29, 1.82) is 0 Å². The summed E-state index contributed by atoms with van der Waals surface area (Å²) in [5, 5.41) is 14.8. The van der Waals surface area contributed by atoms with Gasteiger partial charge in [-0.05, 0) is 18.4 Å². The van der Waals surface area contributed by atoms with Gasteiger partial charge in [0.25, 0.3) is 0 Å². The van der Waals surface area contributed by atoms with Crippen LogP contribution in [0.1, 0.15) is 24.3 Å². The highest BCUT2D eigenvalue weighted by Gasteiger charge is 2.21. The number of carboxylic acid groups (broad SMARTS) is 1.